The minimum absolute atomic E-state index is 0.199. The quantitative estimate of drug-likeness (QED) is 0.611. The van der Waals surface area contributed by atoms with Crippen molar-refractivity contribution in [3.05, 3.63) is 65.3 Å². The Kier molecular flexibility index (Phi) is 5.87. The van der Waals surface area contributed by atoms with Crippen LogP contribution in [0.3, 0.4) is 0 Å². The smallest absolute Gasteiger partial charge is 0.338 e. The molecule has 1 aliphatic rings. The van der Waals surface area contributed by atoms with Gasteiger partial charge in [0.25, 0.3) is 0 Å². The van der Waals surface area contributed by atoms with Gasteiger partial charge in [-0.05, 0) is 11.6 Å². The van der Waals surface area contributed by atoms with Crippen LogP contribution in [0.4, 0.5) is 13.2 Å². The molecule has 7 nitrogen and oxygen atoms in total. The molecule has 0 amide bonds. The van der Waals surface area contributed by atoms with Crippen LogP contribution in [-0.2, 0) is 32.7 Å². The van der Waals surface area contributed by atoms with E-state index in [4.69, 9.17) is 4.52 Å². The molecule has 3 aromatic rings. The van der Waals surface area contributed by atoms with Gasteiger partial charge in [-0.15, -0.1) is 0 Å². The summed E-state index contributed by atoms with van der Waals surface area (Å²) in [7, 11) is 1.99. The predicted molar refractivity (Wildman–Crippen MR) is 102 cm³/mol. The van der Waals surface area contributed by atoms with Crippen molar-refractivity contribution in [2.24, 2.45) is 7.05 Å². The van der Waals surface area contributed by atoms with E-state index in [0.717, 1.165) is 50.7 Å². The standard InChI is InChI=1S/C20H23F3N6O/c1-27-6-5-24-18(27)13-28-7-9-29(10-8-28)14-19-25-17(26-30-19)12-15-3-2-4-16(11-15)20(21,22)23/h2-6,11H,7-10,12-14H2,1H3. The van der Waals surface area contributed by atoms with E-state index in [-0.39, 0.29) is 6.42 Å². The van der Waals surface area contributed by atoms with E-state index in [2.05, 4.69) is 24.9 Å². The fourth-order valence-corrected chi connectivity index (χ4v) is 3.51. The van der Waals surface area contributed by atoms with Crippen LogP contribution < -0.4 is 0 Å². The molecular weight excluding hydrogens is 397 g/mol. The number of rotatable bonds is 6. The lowest BCUT2D eigenvalue weighted by Gasteiger charge is -2.33. The lowest BCUT2D eigenvalue weighted by atomic mass is 10.1. The number of hydrogen-bond donors (Lipinski definition) is 0. The zero-order chi connectivity index (χ0) is 21.1. The Bertz CT molecular complexity index is 975. The molecule has 1 aromatic carbocycles. The second-order valence-electron chi connectivity index (χ2n) is 7.49. The second-order valence-corrected chi connectivity index (χ2v) is 7.49. The fraction of sp³-hybridized carbons (Fsp3) is 0.450. The zero-order valence-corrected chi connectivity index (χ0v) is 16.6. The Morgan fingerprint density at radius 2 is 1.80 bits per heavy atom. The van der Waals surface area contributed by atoms with Crippen LogP contribution in [0.5, 0.6) is 0 Å². The second kappa shape index (κ2) is 8.57. The van der Waals surface area contributed by atoms with Crippen LogP contribution in [0.1, 0.15) is 28.7 Å². The summed E-state index contributed by atoms with van der Waals surface area (Å²) in [5.41, 5.74) is -0.174. The van der Waals surface area contributed by atoms with E-state index in [1.54, 1.807) is 12.3 Å². The molecule has 3 heterocycles. The van der Waals surface area contributed by atoms with Gasteiger partial charge in [-0.2, -0.15) is 18.2 Å². The Morgan fingerprint density at radius 1 is 1.07 bits per heavy atom. The van der Waals surface area contributed by atoms with Crippen molar-refractivity contribution in [2.45, 2.75) is 25.7 Å². The molecule has 0 bridgehead atoms. The fourth-order valence-electron chi connectivity index (χ4n) is 3.51. The van der Waals surface area contributed by atoms with Crippen LogP contribution in [0, 0.1) is 0 Å². The third kappa shape index (κ3) is 5.06. The number of imidazole rings is 1. The van der Waals surface area contributed by atoms with Gasteiger partial charge in [0, 0.05) is 52.0 Å². The maximum atomic E-state index is 12.9. The molecule has 1 saturated heterocycles. The maximum Gasteiger partial charge on any atom is 0.416 e. The van der Waals surface area contributed by atoms with Crippen molar-refractivity contribution in [1.29, 1.82) is 0 Å². The van der Waals surface area contributed by atoms with Crippen molar-refractivity contribution in [3.63, 3.8) is 0 Å². The monoisotopic (exact) mass is 420 g/mol. The third-order valence-corrected chi connectivity index (χ3v) is 5.24. The Balaban J connectivity index is 1.29. The summed E-state index contributed by atoms with van der Waals surface area (Å²) in [5.74, 6) is 1.91. The van der Waals surface area contributed by atoms with Crippen molar-refractivity contribution in [1.82, 2.24) is 29.5 Å². The highest BCUT2D eigenvalue weighted by atomic mass is 19.4. The first kappa shape index (κ1) is 20.5. The largest absolute Gasteiger partial charge is 0.416 e. The first-order chi connectivity index (χ1) is 14.4. The summed E-state index contributed by atoms with van der Waals surface area (Å²) in [5, 5.41) is 3.93. The van der Waals surface area contributed by atoms with Crippen LogP contribution in [0.15, 0.2) is 41.2 Å². The topological polar surface area (TPSA) is 63.2 Å². The lowest BCUT2D eigenvalue weighted by Crippen LogP contribution is -2.45. The van der Waals surface area contributed by atoms with E-state index in [1.165, 1.54) is 6.07 Å². The molecule has 0 aliphatic carbocycles. The average Bonchev–Trinajstić information content (AvgIpc) is 3.32. The third-order valence-electron chi connectivity index (χ3n) is 5.24. The molecular formula is C20H23F3N6O. The van der Waals surface area contributed by atoms with Crippen molar-refractivity contribution in [2.75, 3.05) is 26.2 Å². The summed E-state index contributed by atoms with van der Waals surface area (Å²) < 4.78 is 45.9. The molecule has 2 aromatic heterocycles. The van der Waals surface area contributed by atoms with Crippen LogP contribution >= 0.6 is 0 Å². The molecule has 0 unspecified atom stereocenters. The number of alkyl halides is 3. The molecule has 1 fully saturated rings. The van der Waals surface area contributed by atoms with Gasteiger partial charge in [0.05, 0.1) is 18.7 Å². The minimum Gasteiger partial charge on any atom is -0.338 e. The molecule has 10 heteroatoms. The number of benzene rings is 1. The number of hydrogen-bond acceptors (Lipinski definition) is 6. The van der Waals surface area contributed by atoms with Crippen molar-refractivity contribution in [3.8, 4) is 0 Å². The van der Waals surface area contributed by atoms with Crippen LogP contribution in [-0.4, -0.2) is 55.7 Å². The normalized spacial score (nSPS) is 16.3. The van der Waals surface area contributed by atoms with Gasteiger partial charge >= 0.3 is 6.18 Å². The van der Waals surface area contributed by atoms with Gasteiger partial charge in [-0.3, -0.25) is 9.80 Å². The summed E-state index contributed by atoms with van der Waals surface area (Å²) in [4.78, 5) is 13.3. The van der Waals surface area contributed by atoms with E-state index in [1.807, 2.05) is 17.8 Å². The van der Waals surface area contributed by atoms with Gasteiger partial charge in [0.1, 0.15) is 5.82 Å². The van der Waals surface area contributed by atoms with Crippen LogP contribution in [0.25, 0.3) is 0 Å². The Morgan fingerprint density at radius 3 is 2.47 bits per heavy atom. The highest BCUT2D eigenvalue weighted by Crippen LogP contribution is 2.29. The minimum atomic E-state index is -4.36. The van der Waals surface area contributed by atoms with Gasteiger partial charge < -0.3 is 9.09 Å². The average molecular weight is 420 g/mol. The Hall–Kier alpha value is -2.72. The number of halogens is 3. The molecule has 0 saturated carbocycles. The summed E-state index contributed by atoms with van der Waals surface area (Å²) >= 11 is 0. The molecule has 0 radical (unpaired) electrons. The highest BCUT2D eigenvalue weighted by Gasteiger charge is 2.30. The predicted octanol–water partition coefficient (Wildman–Crippen LogP) is 2.73. The van der Waals surface area contributed by atoms with Crippen molar-refractivity contribution >= 4 is 0 Å². The number of nitrogens with zero attached hydrogens (tertiary/aromatic N) is 6. The Labute approximate surface area is 172 Å². The molecule has 1 aliphatic heterocycles. The van der Waals surface area contributed by atoms with Crippen LogP contribution in [0.2, 0.25) is 0 Å². The number of aryl methyl sites for hydroxylation is 1. The zero-order valence-electron chi connectivity index (χ0n) is 16.6. The summed E-state index contributed by atoms with van der Waals surface area (Å²) in [6.45, 7) is 4.92. The molecule has 0 spiro atoms. The first-order valence-electron chi connectivity index (χ1n) is 9.75. The first-order valence-corrected chi connectivity index (χ1v) is 9.75. The van der Waals surface area contributed by atoms with Crippen molar-refractivity contribution < 1.29 is 17.7 Å². The van der Waals surface area contributed by atoms with E-state index < -0.39 is 11.7 Å². The summed E-state index contributed by atoms with van der Waals surface area (Å²) in [6, 6.07) is 5.20. The van der Waals surface area contributed by atoms with E-state index in [0.29, 0.717) is 23.8 Å². The molecule has 160 valence electrons. The van der Waals surface area contributed by atoms with E-state index in [9.17, 15) is 13.2 Å². The number of piperazine rings is 1. The molecule has 30 heavy (non-hydrogen) atoms. The van der Waals surface area contributed by atoms with Gasteiger partial charge in [0.2, 0.25) is 5.89 Å². The SMILES string of the molecule is Cn1ccnc1CN1CCN(Cc2nc(Cc3cccc(C(F)(F)F)c3)no2)CC1. The van der Waals surface area contributed by atoms with Gasteiger partial charge in [-0.25, -0.2) is 4.98 Å². The number of aromatic nitrogens is 4. The van der Waals surface area contributed by atoms with Gasteiger partial charge in [-0.1, -0.05) is 23.4 Å². The van der Waals surface area contributed by atoms with Gasteiger partial charge in [0.15, 0.2) is 5.82 Å². The highest BCUT2D eigenvalue weighted by molar-refractivity contribution is 5.27. The molecule has 0 N–H and O–H groups in total. The maximum absolute atomic E-state index is 12.9. The van der Waals surface area contributed by atoms with E-state index >= 15 is 0 Å². The lowest BCUT2D eigenvalue weighted by molar-refractivity contribution is -0.137. The molecule has 4 rings (SSSR count). The molecule has 0 atom stereocenters. The summed E-state index contributed by atoms with van der Waals surface area (Å²) in [6.07, 6.45) is -0.419.